The van der Waals surface area contributed by atoms with Crippen LogP contribution in [0.5, 0.6) is 5.75 Å². The van der Waals surface area contributed by atoms with Gasteiger partial charge in [-0.15, -0.1) is 0 Å². The van der Waals surface area contributed by atoms with Gasteiger partial charge < -0.3 is 4.74 Å². The molecule has 0 radical (unpaired) electrons. The zero-order valence-corrected chi connectivity index (χ0v) is 15.6. The Labute approximate surface area is 152 Å². The number of hydrogen-bond donors (Lipinski definition) is 0. The van der Waals surface area contributed by atoms with E-state index in [0.717, 1.165) is 41.4 Å². The number of fused-ring (bicyclic) bond motifs is 1. The van der Waals surface area contributed by atoms with Crippen molar-refractivity contribution in [3.05, 3.63) is 35.5 Å². The summed E-state index contributed by atoms with van der Waals surface area (Å²) in [4.78, 5) is 5.78. The number of imidazole rings is 1. The molecule has 3 aromatic rings. The first-order valence-electron chi connectivity index (χ1n) is 9.43. The Hall–Kier alpha value is -1.88. The van der Waals surface area contributed by atoms with E-state index in [9.17, 15) is 0 Å². The van der Waals surface area contributed by atoms with Gasteiger partial charge in [0.15, 0.2) is 0 Å². The molecule has 0 N–H and O–H groups in total. The minimum atomic E-state index is 0.642. The predicted molar refractivity (Wildman–Crippen MR) is 103 cm³/mol. The average molecular weight is 356 g/mol. The van der Waals surface area contributed by atoms with Crippen molar-refractivity contribution < 1.29 is 4.74 Å². The zero-order valence-electron chi connectivity index (χ0n) is 14.8. The van der Waals surface area contributed by atoms with Gasteiger partial charge in [-0.2, -0.15) is 5.10 Å². The molecule has 0 unspecified atom stereocenters. The second-order valence-corrected chi connectivity index (χ2v) is 7.84. The average Bonchev–Trinajstić information content (AvgIpc) is 3.22. The summed E-state index contributed by atoms with van der Waals surface area (Å²) in [5.41, 5.74) is 2.09. The molecule has 132 valence electrons. The second kappa shape index (κ2) is 7.56. The lowest BCUT2D eigenvalue weighted by atomic mass is 9.90. The van der Waals surface area contributed by atoms with Crippen LogP contribution in [0.4, 0.5) is 0 Å². The van der Waals surface area contributed by atoms with Gasteiger partial charge in [-0.25, -0.2) is 9.50 Å². The number of nitrogens with zero attached hydrogens (tertiary/aromatic N) is 3. The van der Waals surface area contributed by atoms with Crippen LogP contribution in [0.3, 0.4) is 0 Å². The van der Waals surface area contributed by atoms with Gasteiger partial charge in [0.1, 0.15) is 10.8 Å². The van der Waals surface area contributed by atoms with Crippen molar-refractivity contribution in [2.45, 2.75) is 57.8 Å². The highest BCUT2D eigenvalue weighted by Crippen LogP contribution is 2.35. The minimum absolute atomic E-state index is 0.642. The van der Waals surface area contributed by atoms with Crippen molar-refractivity contribution in [1.82, 2.24) is 14.6 Å². The third kappa shape index (κ3) is 3.71. The maximum Gasteiger partial charge on any atom is 0.212 e. The molecule has 5 heteroatoms. The number of benzene rings is 1. The van der Waals surface area contributed by atoms with E-state index in [2.05, 4.69) is 19.1 Å². The molecule has 1 aromatic carbocycles. The Morgan fingerprint density at radius 2 is 1.96 bits per heavy atom. The van der Waals surface area contributed by atoms with Crippen molar-refractivity contribution in [1.29, 1.82) is 0 Å². The Kier molecular flexibility index (Phi) is 5.02. The van der Waals surface area contributed by atoms with Crippen LogP contribution >= 0.6 is 11.3 Å². The van der Waals surface area contributed by atoms with Crippen LogP contribution in [-0.4, -0.2) is 21.2 Å². The van der Waals surface area contributed by atoms with Crippen LogP contribution in [0.25, 0.3) is 16.2 Å². The van der Waals surface area contributed by atoms with Gasteiger partial charge in [0.05, 0.1) is 18.5 Å². The lowest BCUT2D eigenvalue weighted by molar-refractivity contribution is 0.309. The van der Waals surface area contributed by atoms with Gasteiger partial charge >= 0.3 is 0 Å². The summed E-state index contributed by atoms with van der Waals surface area (Å²) in [6.45, 7) is 2.95. The summed E-state index contributed by atoms with van der Waals surface area (Å²) in [6.07, 6.45) is 10.9. The fraction of sp³-hybridized carbons (Fsp3) is 0.500. The molecule has 0 amide bonds. The number of hydrogen-bond acceptors (Lipinski definition) is 4. The summed E-state index contributed by atoms with van der Waals surface area (Å²) in [6, 6.07) is 8.21. The molecule has 1 saturated carbocycles. The number of ether oxygens (including phenoxy) is 1. The van der Waals surface area contributed by atoms with Crippen LogP contribution in [0.1, 0.15) is 62.8 Å². The van der Waals surface area contributed by atoms with E-state index in [0.29, 0.717) is 5.92 Å². The molecule has 25 heavy (non-hydrogen) atoms. The third-order valence-electron chi connectivity index (χ3n) is 4.93. The molecule has 4 nitrogen and oxygen atoms in total. The van der Waals surface area contributed by atoms with Crippen LogP contribution in [0.2, 0.25) is 0 Å². The first-order chi connectivity index (χ1) is 12.3. The molecule has 0 aliphatic heterocycles. The van der Waals surface area contributed by atoms with Crippen LogP contribution in [0, 0.1) is 0 Å². The maximum absolute atomic E-state index is 5.73. The Balaban J connectivity index is 1.48. The molecule has 0 spiro atoms. The van der Waals surface area contributed by atoms with Gasteiger partial charge in [0.25, 0.3) is 0 Å². The van der Waals surface area contributed by atoms with E-state index in [1.807, 2.05) is 22.8 Å². The van der Waals surface area contributed by atoms with Crippen LogP contribution in [-0.2, 0) is 0 Å². The first-order valence-corrected chi connectivity index (χ1v) is 10.2. The van der Waals surface area contributed by atoms with Crippen molar-refractivity contribution in [2.24, 2.45) is 0 Å². The lowest BCUT2D eigenvalue weighted by Gasteiger charge is -2.18. The second-order valence-electron chi connectivity index (χ2n) is 6.85. The maximum atomic E-state index is 5.73. The lowest BCUT2D eigenvalue weighted by Crippen LogP contribution is -2.04. The monoisotopic (exact) mass is 355 g/mol. The van der Waals surface area contributed by atoms with Crippen molar-refractivity contribution in [3.8, 4) is 17.0 Å². The van der Waals surface area contributed by atoms with E-state index in [1.165, 1.54) is 37.1 Å². The quantitative estimate of drug-likeness (QED) is 0.534. The van der Waals surface area contributed by atoms with E-state index < -0.39 is 0 Å². The number of aromatic nitrogens is 3. The minimum Gasteiger partial charge on any atom is -0.494 e. The molecule has 0 bridgehead atoms. The SMILES string of the molecule is CCCCOc1ccc(-c2cn3nc(C4CCCCC4)sc3n2)cc1. The number of unbranched alkanes of at least 4 members (excludes halogenated alkanes) is 1. The Morgan fingerprint density at radius 3 is 2.68 bits per heavy atom. The summed E-state index contributed by atoms with van der Waals surface area (Å²) >= 11 is 1.75. The molecule has 2 aromatic heterocycles. The highest BCUT2D eigenvalue weighted by Gasteiger charge is 2.20. The molecule has 1 fully saturated rings. The van der Waals surface area contributed by atoms with Gasteiger partial charge in [-0.1, -0.05) is 43.9 Å². The highest BCUT2D eigenvalue weighted by atomic mass is 32.1. The van der Waals surface area contributed by atoms with Crippen LogP contribution < -0.4 is 4.74 Å². The predicted octanol–water partition coefficient (Wildman–Crippen LogP) is 5.68. The fourth-order valence-corrected chi connectivity index (χ4v) is 4.47. The van der Waals surface area contributed by atoms with E-state index in [1.54, 1.807) is 11.3 Å². The summed E-state index contributed by atoms with van der Waals surface area (Å²) in [7, 11) is 0. The van der Waals surface area contributed by atoms with Crippen molar-refractivity contribution in [2.75, 3.05) is 6.61 Å². The third-order valence-corrected chi connectivity index (χ3v) is 6.01. The first kappa shape index (κ1) is 16.6. The summed E-state index contributed by atoms with van der Waals surface area (Å²) < 4.78 is 7.68. The van der Waals surface area contributed by atoms with Crippen molar-refractivity contribution in [3.63, 3.8) is 0 Å². The standard InChI is InChI=1S/C20H25N3OS/c1-2-3-13-24-17-11-9-15(10-12-17)18-14-23-20(21-18)25-19(22-23)16-7-5-4-6-8-16/h9-12,14,16H,2-8,13H2,1H3. The summed E-state index contributed by atoms with van der Waals surface area (Å²) in [5, 5.41) is 6.06. The summed E-state index contributed by atoms with van der Waals surface area (Å²) in [5.74, 6) is 1.57. The fourth-order valence-electron chi connectivity index (χ4n) is 3.43. The van der Waals surface area contributed by atoms with E-state index in [4.69, 9.17) is 14.8 Å². The van der Waals surface area contributed by atoms with Gasteiger partial charge in [0, 0.05) is 11.5 Å². The topological polar surface area (TPSA) is 39.4 Å². The van der Waals surface area contributed by atoms with Gasteiger partial charge in [-0.3, -0.25) is 0 Å². The molecule has 1 aliphatic rings. The van der Waals surface area contributed by atoms with Crippen LogP contribution in [0.15, 0.2) is 30.5 Å². The zero-order chi connectivity index (χ0) is 17.1. The molecular weight excluding hydrogens is 330 g/mol. The molecule has 2 heterocycles. The highest BCUT2D eigenvalue weighted by molar-refractivity contribution is 7.16. The van der Waals surface area contributed by atoms with E-state index >= 15 is 0 Å². The van der Waals surface area contributed by atoms with E-state index in [-0.39, 0.29) is 0 Å². The van der Waals surface area contributed by atoms with Crippen molar-refractivity contribution >= 4 is 16.3 Å². The Bertz CT molecular complexity index is 784. The molecular formula is C20H25N3OS. The molecule has 0 saturated heterocycles. The largest absolute Gasteiger partial charge is 0.494 e. The smallest absolute Gasteiger partial charge is 0.212 e. The molecule has 1 aliphatic carbocycles. The normalized spacial score (nSPS) is 15.7. The Morgan fingerprint density at radius 1 is 1.16 bits per heavy atom. The molecule has 0 atom stereocenters. The van der Waals surface area contributed by atoms with Gasteiger partial charge in [0.2, 0.25) is 4.96 Å². The van der Waals surface area contributed by atoms with Gasteiger partial charge in [-0.05, 0) is 43.5 Å². The molecule has 4 rings (SSSR count). The number of rotatable bonds is 6.